The van der Waals surface area contributed by atoms with Crippen molar-refractivity contribution >= 4 is 46.6 Å². The highest BCUT2D eigenvalue weighted by atomic mass is 35.5. The van der Waals surface area contributed by atoms with Crippen molar-refractivity contribution in [1.82, 2.24) is 0 Å². The number of carbonyl (C=O) groups is 3. The number of cyclic esters (lactones) is 1. The van der Waals surface area contributed by atoms with Gasteiger partial charge in [-0.1, -0.05) is 55.8 Å². The topological polar surface area (TPSA) is 87.2 Å². The maximum atomic E-state index is 14.5. The van der Waals surface area contributed by atoms with Gasteiger partial charge in [0.05, 0.1) is 34.6 Å². The molecule has 1 spiro atoms. The Hall–Kier alpha value is -3.84. The second-order valence-electron chi connectivity index (χ2n) is 10.2. The van der Waals surface area contributed by atoms with Crippen LogP contribution in [-0.4, -0.2) is 36.2 Å². The molecule has 2 fully saturated rings. The summed E-state index contributed by atoms with van der Waals surface area (Å²) in [6, 6.07) is 20.0. The number of rotatable bonds is 5. The number of fused-ring (bicyclic) bond motifs is 2. The first-order valence-electron chi connectivity index (χ1n) is 12.2. The van der Waals surface area contributed by atoms with E-state index in [9.17, 15) is 19.5 Å². The molecule has 7 nitrogen and oxygen atoms in total. The van der Waals surface area contributed by atoms with Gasteiger partial charge in [-0.2, -0.15) is 0 Å². The second kappa shape index (κ2) is 8.08. The van der Waals surface area contributed by atoms with Gasteiger partial charge >= 0.3 is 12.1 Å². The zero-order valence-corrected chi connectivity index (χ0v) is 21.2. The average molecular weight is 517 g/mol. The first-order valence-corrected chi connectivity index (χ1v) is 12.6. The van der Waals surface area contributed by atoms with Gasteiger partial charge in [0.25, 0.3) is 0 Å². The number of anilines is 3. The van der Waals surface area contributed by atoms with Gasteiger partial charge in [-0.25, -0.2) is 9.59 Å². The summed E-state index contributed by atoms with van der Waals surface area (Å²) in [5, 5.41) is 10.5. The van der Waals surface area contributed by atoms with E-state index in [4.69, 9.17) is 16.3 Å². The summed E-state index contributed by atoms with van der Waals surface area (Å²) in [4.78, 5) is 41.9. The van der Waals surface area contributed by atoms with Crippen LogP contribution in [-0.2, 0) is 20.4 Å². The molecule has 2 aliphatic heterocycles. The number of carbonyl (C=O) groups excluding carboxylic acids is 2. The van der Waals surface area contributed by atoms with Crippen molar-refractivity contribution in [1.29, 1.82) is 0 Å². The van der Waals surface area contributed by atoms with Crippen molar-refractivity contribution in [2.75, 3.05) is 23.0 Å². The Morgan fingerprint density at radius 1 is 1.03 bits per heavy atom. The molecule has 3 aromatic rings. The number of amides is 2. The lowest BCUT2D eigenvalue weighted by molar-refractivity contribution is -0.120. The van der Waals surface area contributed by atoms with Gasteiger partial charge in [-0.15, -0.1) is 0 Å². The van der Waals surface area contributed by atoms with Gasteiger partial charge < -0.3 is 9.84 Å². The number of carboxylic acid groups (broad SMARTS) is 1. The van der Waals surface area contributed by atoms with Crippen molar-refractivity contribution in [3.63, 3.8) is 0 Å². The SMILES string of the molecule is CC(C)C1(c2ccc(Cl)cc2)CC12C(=O)N(c1cc(C(=O)O)cc(N3CCOC3=O)c1)c1ccccc12. The highest BCUT2D eigenvalue weighted by Crippen LogP contribution is 2.73. The summed E-state index contributed by atoms with van der Waals surface area (Å²) in [5.41, 5.74) is 2.24. The minimum atomic E-state index is -1.14. The third-order valence-electron chi connectivity index (χ3n) is 8.18. The molecule has 0 bridgehead atoms. The summed E-state index contributed by atoms with van der Waals surface area (Å²) in [6.07, 6.45) is 0.0946. The Morgan fingerprint density at radius 2 is 1.73 bits per heavy atom. The number of para-hydroxylation sites is 1. The summed E-state index contributed by atoms with van der Waals surface area (Å²) in [5.74, 6) is -1.10. The lowest BCUT2D eigenvalue weighted by atomic mass is 9.75. The molecular weight excluding hydrogens is 492 g/mol. The maximum Gasteiger partial charge on any atom is 0.414 e. The Kier molecular flexibility index (Phi) is 5.14. The number of carboxylic acids is 1. The number of benzene rings is 3. The fourth-order valence-corrected chi connectivity index (χ4v) is 6.56. The molecule has 3 aliphatic rings. The largest absolute Gasteiger partial charge is 0.478 e. The lowest BCUT2D eigenvalue weighted by Gasteiger charge is -2.27. The minimum absolute atomic E-state index is 0.0120. The fourth-order valence-electron chi connectivity index (χ4n) is 6.43. The fraction of sp³-hybridized carbons (Fsp3) is 0.276. The standard InChI is InChI=1S/C29H25ClN2O5/c1-17(2)28(19-7-9-20(30)10-8-19)16-29(28)23-5-3-4-6-24(23)32(26(29)35)22-14-18(25(33)34)13-21(15-22)31-11-12-37-27(31)36/h3-10,13-15,17H,11-12,16H2,1-2H3,(H,33,34). The monoisotopic (exact) mass is 516 g/mol. The molecule has 2 atom stereocenters. The third kappa shape index (κ3) is 3.16. The van der Waals surface area contributed by atoms with Crippen LogP contribution >= 0.6 is 11.6 Å². The number of hydrogen-bond donors (Lipinski definition) is 1. The van der Waals surface area contributed by atoms with Gasteiger partial charge in [0.15, 0.2) is 0 Å². The quantitative estimate of drug-likeness (QED) is 0.455. The van der Waals surface area contributed by atoms with E-state index in [1.54, 1.807) is 11.0 Å². The van der Waals surface area contributed by atoms with Crippen LogP contribution < -0.4 is 9.80 Å². The van der Waals surface area contributed by atoms with Crippen LogP contribution in [0.4, 0.5) is 21.9 Å². The maximum absolute atomic E-state index is 14.5. The second-order valence-corrected chi connectivity index (χ2v) is 10.6. The lowest BCUT2D eigenvalue weighted by Crippen LogP contribution is -2.36. The van der Waals surface area contributed by atoms with E-state index in [1.807, 2.05) is 48.5 Å². The van der Waals surface area contributed by atoms with Crippen molar-refractivity contribution in [3.05, 3.63) is 88.4 Å². The Bertz CT molecular complexity index is 1470. The highest BCUT2D eigenvalue weighted by Gasteiger charge is 2.77. The molecule has 0 aromatic heterocycles. The van der Waals surface area contributed by atoms with Gasteiger partial charge in [0.1, 0.15) is 6.61 Å². The molecule has 0 radical (unpaired) electrons. The predicted molar refractivity (Wildman–Crippen MR) is 140 cm³/mol. The van der Waals surface area contributed by atoms with Crippen molar-refractivity contribution in [2.45, 2.75) is 31.1 Å². The van der Waals surface area contributed by atoms with Crippen molar-refractivity contribution < 1.29 is 24.2 Å². The Balaban J connectivity index is 1.53. The molecule has 3 aromatic carbocycles. The number of ether oxygens (including phenoxy) is 1. The van der Waals surface area contributed by atoms with E-state index >= 15 is 0 Å². The third-order valence-corrected chi connectivity index (χ3v) is 8.43. The zero-order valence-electron chi connectivity index (χ0n) is 20.4. The van der Waals surface area contributed by atoms with Gasteiger partial charge in [-0.3, -0.25) is 14.6 Å². The number of nitrogens with zero attached hydrogens (tertiary/aromatic N) is 2. The van der Waals surface area contributed by atoms with E-state index in [0.29, 0.717) is 29.4 Å². The summed E-state index contributed by atoms with van der Waals surface area (Å²) in [6.45, 7) is 4.79. The molecule has 8 heteroatoms. The minimum Gasteiger partial charge on any atom is -0.478 e. The van der Waals surface area contributed by atoms with Crippen LogP contribution in [0.3, 0.4) is 0 Å². The first kappa shape index (κ1) is 23.6. The molecule has 1 aliphatic carbocycles. The van der Waals surface area contributed by atoms with Crippen LogP contribution in [0.25, 0.3) is 0 Å². The molecule has 2 heterocycles. The van der Waals surface area contributed by atoms with Crippen LogP contribution in [0.2, 0.25) is 5.02 Å². The smallest absolute Gasteiger partial charge is 0.414 e. The number of aromatic carboxylic acids is 1. The average Bonchev–Trinajstić information content (AvgIpc) is 3.32. The Morgan fingerprint density at radius 3 is 2.38 bits per heavy atom. The van der Waals surface area contributed by atoms with Gasteiger partial charge in [0, 0.05) is 10.4 Å². The predicted octanol–water partition coefficient (Wildman–Crippen LogP) is 5.91. The van der Waals surface area contributed by atoms with E-state index in [1.165, 1.54) is 17.0 Å². The number of hydrogen-bond acceptors (Lipinski definition) is 4. The summed E-state index contributed by atoms with van der Waals surface area (Å²) in [7, 11) is 0. The normalized spacial score (nSPS) is 24.1. The molecule has 6 rings (SSSR count). The van der Waals surface area contributed by atoms with Crippen LogP contribution in [0.15, 0.2) is 66.7 Å². The molecule has 2 unspecified atom stereocenters. The van der Waals surface area contributed by atoms with Crippen LogP contribution in [0.1, 0.15) is 41.8 Å². The molecule has 2 amide bonds. The molecular formula is C29H25ClN2O5. The molecule has 188 valence electrons. The molecule has 37 heavy (non-hydrogen) atoms. The highest BCUT2D eigenvalue weighted by molar-refractivity contribution is 6.30. The van der Waals surface area contributed by atoms with Crippen molar-refractivity contribution in [2.24, 2.45) is 5.92 Å². The van der Waals surface area contributed by atoms with Crippen LogP contribution in [0.5, 0.6) is 0 Å². The van der Waals surface area contributed by atoms with Crippen LogP contribution in [0, 0.1) is 5.92 Å². The van der Waals surface area contributed by atoms with E-state index in [-0.39, 0.29) is 24.0 Å². The number of halogens is 1. The molecule has 1 saturated heterocycles. The van der Waals surface area contributed by atoms with Gasteiger partial charge in [0.2, 0.25) is 5.91 Å². The van der Waals surface area contributed by atoms with Gasteiger partial charge in [-0.05, 0) is 59.9 Å². The Labute approximate surface area is 219 Å². The molecule has 1 N–H and O–H groups in total. The summed E-state index contributed by atoms with van der Waals surface area (Å²) >= 11 is 6.19. The summed E-state index contributed by atoms with van der Waals surface area (Å²) < 4.78 is 5.07. The van der Waals surface area contributed by atoms with E-state index in [0.717, 1.165) is 16.8 Å². The zero-order chi connectivity index (χ0) is 26.1. The van der Waals surface area contributed by atoms with E-state index < -0.39 is 22.9 Å². The van der Waals surface area contributed by atoms with E-state index in [2.05, 4.69) is 13.8 Å². The van der Waals surface area contributed by atoms with Crippen molar-refractivity contribution in [3.8, 4) is 0 Å². The first-order chi connectivity index (χ1) is 17.7. The molecule has 1 saturated carbocycles.